The van der Waals surface area contributed by atoms with E-state index in [9.17, 15) is 66.7 Å². The third-order valence-electron chi connectivity index (χ3n) is 7.96. The molecule has 0 atom stereocenters. The van der Waals surface area contributed by atoms with Crippen LogP contribution in [0.2, 0.25) is 0 Å². The lowest BCUT2D eigenvalue weighted by Crippen LogP contribution is -2.30. The smallest absolute Gasteiger partial charge is 0.311 e. The number of esters is 1. The van der Waals surface area contributed by atoms with Gasteiger partial charge in [-0.15, -0.1) is 0 Å². The van der Waals surface area contributed by atoms with Crippen molar-refractivity contribution in [2.45, 2.75) is 103 Å². The molecule has 0 aromatic heterocycles. The summed E-state index contributed by atoms with van der Waals surface area (Å²) in [4.78, 5) is 82.5. The quantitative estimate of drug-likeness (QED) is 0.0277. The third kappa shape index (κ3) is 21.3. The average molecular weight is 806 g/mol. The average Bonchev–Trinajstić information content (AvgIpc) is 3.16. The minimum Gasteiger partial charge on any atom is -0.756 e. The van der Waals surface area contributed by atoms with E-state index < -0.39 is 77.4 Å². The molecule has 1 aromatic carbocycles. The normalized spacial score (nSPS) is 10.7. The van der Waals surface area contributed by atoms with E-state index >= 15 is 0 Å². The highest BCUT2D eigenvalue weighted by molar-refractivity contribution is 5.85. The van der Waals surface area contributed by atoms with E-state index in [0.717, 1.165) is 0 Å². The largest absolute Gasteiger partial charge is 0.756 e. The number of carbonyl (C=O) groups excluding carboxylic acids is 7. The molecule has 0 aliphatic carbocycles. The molecular formula is C35H49F4N6O11-3. The Morgan fingerprint density at radius 2 is 0.893 bits per heavy atom. The van der Waals surface area contributed by atoms with Crippen molar-refractivity contribution in [2.24, 2.45) is 0 Å². The number of halogens is 4. The lowest BCUT2D eigenvalue weighted by Gasteiger charge is -2.28. The molecule has 56 heavy (non-hydrogen) atoms. The molecule has 1 aromatic rings. The predicted molar refractivity (Wildman–Crippen MR) is 191 cm³/mol. The van der Waals surface area contributed by atoms with Gasteiger partial charge in [0.25, 0.3) is 0 Å². The minimum atomic E-state index is -1.89. The first kappa shape index (κ1) is 49.1. The van der Waals surface area contributed by atoms with E-state index in [1.807, 2.05) is 0 Å². The van der Waals surface area contributed by atoms with E-state index in [1.165, 1.54) is 6.92 Å². The van der Waals surface area contributed by atoms with Crippen molar-refractivity contribution in [3.63, 3.8) is 0 Å². The number of nitrogens with zero attached hydrogens (tertiary/aromatic N) is 3. The number of hydroxylamine groups is 6. The van der Waals surface area contributed by atoms with Gasteiger partial charge in [-0.3, -0.25) is 33.6 Å². The van der Waals surface area contributed by atoms with Crippen LogP contribution in [0.15, 0.2) is 6.07 Å². The fourth-order valence-electron chi connectivity index (χ4n) is 4.74. The third-order valence-corrected chi connectivity index (χ3v) is 7.96. The number of hydrogen-bond acceptors (Lipinski definition) is 11. The monoisotopic (exact) mass is 805 g/mol. The number of nitrogens with one attached hydrogen (secondary N) is 3. The summed E-state index contributed by atoms with van der Waals surface area (Å²) >= 11 is 0. The SMILES string of the molecule is CC(=O)N([O-])CCCCCNC(=O)CCC(=O)N([O-])CCCCCNC(=O)CCC(=O)N([O-])CCCCCNC(=O)CCC(=O)Oc1c(F)c(F)cc(F)c1F. The van der Waals surface area contributed by atoms with Crippen LogP contribution < -0.4 is 20.7 Å². The van der Waals surface area contributed by atoms with Crippen LogP contribution in [0.5, 0.6) is 5.75 Å². The second kappa shape index (κ2) is 27.7. The number of rotatable bonds is 28. The van der Waals surface area contributed by atoms with Crippen LogP contribution in [0.3, 0.4) is 0 Å². The first-order valence-corrected chi connectivity index (χ1v) is 18.3. The number of amides is 6. The number of benzene rings is 1. The summed E-state index contributed by atoms with van der Waals surface area (Å²) < 4.78 is 57.9. The van der Waals surface area contributed by atoms with Crippen molar-refractivity contribution in [3.8, 4) is 5.75 Å². The molecule has 17 nitrogen and oxygen atoms in total. The topological polar surface area (TPSA) is 244 Å². The molecule has 3 N–H and O–H groups in total. The first-order chi connectivity index (χ1) is 26.5. The van der Waals surface area contributed by atoms with Crippen molar-refractivity contribution >= 4 is 41.4 Å². The maximum absolute atomic E-state index is 13.6. The molecule has 0 fully saturated rings. The van der Waals surface area contributed by atoms with E-state index in [1.54, 1.807) is 0 Å². The number of carbonyl (C=O) groups is 7. The first-order valence-electron chi connectivity index (χ1n) is 18.3. The molecule has 0 unspecified atom stereocenters. The van der Waals surface area contributed by atoms with E-state index in [0.29, 0.717) is 74.5 Å². The van der Waals surface area contributed by atoms with Gasteiger partial charge in [0, 0.05) is 84.4 Å². The second-order valence-corrected chi connectivity index (χ2v) is 12.6. The Kier molecular flexibility index (Phi) is 24.3. The molecule has 0 aliphatic heterocycles. The van der Waals surface area contributed by atoms with Gasteiger partial charge in [0.2, 0.25) is 52.8 Å². The summed E-state index contributed by atoms with van der Waals surface area (Å²) in [5.41, 5.74) is 0. The molecule has 0 aliphatic rings. The van der Waals surface area contributed by atoms with Crippen molar-refractivity contribution in [1.82, 2.24) is 31.1 Å². The molecule has 0 saturated heterocycles. The van der Waals surface area contributed by atoms with Crippen molar-refractivity contribution in [1.29, 1.82) is 0 Å². The van der Waals surface area contributed by atoms with Gasteiger partial charge in [-0.2, -0.15) is 8.78 Å². The Labute approximate surface area is 321 Å². The number of ether oxygens (including phenoxy) is 1. The van der Waals surface area contributed by atoms with Gasteiger partial charge >= 0.3 is 5.97 Å². The molecule has 1 rings (SSSR count). The summed E-state index contributed by atoms with van der Waals surface area (Å²) in [5, 5.41) is 43.8. The second-order valence-electron chi connectivity index (χ2n) is 12.6. The molecule has 0 spiro atoms. The fraction of sp³-hybridized carbons (Fsp3) is 0.629. The van der Waals surface area contributed by atoms with E-state index in [4.69, 9.17) is 0 Å². The fourth-order valence-corrected chi connectivity index (χ4v) is 4.74. The van der Waals surface area contributed by atoms with Crippen LogP contribution in [0.25, 0.3) is 0 Å². The molecule has 21 heteroatoms. The zero-order valence-electron chi connectivity index (χ0n) is 31.3. The Bertz CT molecular complexity index is 1450. The lowest BCUT2D eigenvalue weighted by molar-refractivity contribution is -0.137. The van der Waals surface area contributed by atoms with Gasteiger partial charge in [-0.05, 0) is 57.8 Å². The maximum Gasteiger partial charge on any atom is 0.311 e. The van der Waals surface area contributed by atoms with Gasteiger partial charge in [0.1, 0.15) is 0 Å². The van der Waals surface area contributed by atoms with Gasteiger partial charge in [0.05, 0.1) is 6.42 Å². The van der Waals surface area contributed by atoms with Crippen LogP contribution in [0, 0.1) is 38.9 Å². The Hall–Kier alpha value is -4.89. The highest BCUT2D eigenvalue weighted by Gasteiger charge is 2.23. The molecule has 0 saturated carbocycles. The molecule has 316 valence electrons. The van der Waals surface area contributed by atoms with Gasteiger partial charge in [0.15, 0.2) is 11.6 Å². The zero-order chi connectivity index (χ0) is 42.0. The minimum absolute atomic E-state index is 0.0479. The number of unbranched alkanes of at least 4 members (excludes halogenated alkanes) is 6. The highest BCUT2D eigenvalue weighted by Crippen LogP contribution is 2.26. The summed E-state index contributed by atoms with van der Waals surface area (Å²) in [6, 6.07) is -0.0479. The molecular weight excluding hydrogens is 756 g/mol. The summed E-state index contributed by atoms with van der Waals surface area (Å²) in [7, 11) is 0. The predicted octanol–water partition coefficient (Wildman–Crippen LogP) is 3.35. The molecule has 0 heterocycles. The number of hydrogen-bond donors (Lipinski definition) is 3. The summed E-state index contributed by atoms with van der Waals surface area (Å²) in [6.45, 7) is 1.79. The Balaban J connectivity index is 2.05. The van der Waals surface area contributed by atoms with Gasteiger partial charge < -0.3 is 51.5 Å². The van der Waals surface area contributed by atoms with Crippen LogP contribution in [0.1, 0.15) is 103 Å². The van der Waals surface area contributed by atoms with Gasteiger partial charge in [-0.1, -0.05) is 0 Å². The van der Waals surface area contributed by atoms with E-state index in [2.05, 4.69) is 20.7 Å². The Morgan fingerprint density at radius 1 is 0.536 bits per heavy atom. The van der Waals surface area contributed by atoms with Crippen LogP contribution in [-0.4, -0.2) is 95.9 Å². The van der Waals surface area contributed by atoms with Gasteiger partial charge in [-0.25, -0.2) is 8.78 Å². The standard InChI is InChI=1S/C35H49F4N6O11/c1-24(46)43(53)20-8-2-5-17-40-27(47)11-14-30(50)44(54)21-9-3-6-18-41-28(48)12-15-31(51)45(55)22-10-4-7-19-42-29(49)13-16-32(52)56-35-33(38)25(36)23-26(37)34(35)39/h23H,2-22H2,1H3,(H,40,47)(H,41,48)(H,42,49)/q-3. The van der Waals surface area contributed by atoms with Crippen LogP contribution in [0.4, 0.5) is 17.6 Å². The summed E-state index contributed by atoms with van der Waals surface area (Å²) in [6.07, 6.45) is 2.25. The Morgan fingerprint density at radius 3 is 1.27 bits per heavy atom. The van der Waals surface area contributed by atoms with Crippen molar-refractivity contribution < 1.29 is 55.9 Å². The van der Waals surface area contributed by atoms with Crippen molar-refractivity contribution in [2.75, 3.05) is 39.3 Å². The maximum atomic E-state index is 13.6. The zero-order valence-corrected chi connectivity index (χ0v) is 31.3. The lowest BCUT2D eigenvalue weighted by atomic mass is 10.2. The molecule has 0 bridgehead atoms. The van der Waals surface area contributed by atoms with Crippen LogP contribution >= 0.6 is 0 Å². The summed E-state index contributed by atoms with van der Waals surface area (Å²) in [5.74, 6) is -13.7. The highest BCUT2D eigenvalue weighted by atomic mass is 19.2. The molecule has 6 amide bonds. The van der Waals surface area contributed by atoms with E-state index in [-0.39, 0.29) is 75.4 Å². The van der Waals surface area contributed by atoms with Crippen LogP contribution in [-0.2, 0) is 33.6 Å². The van der Waals surface area contributed by atoms with Crippen molar-refractivity contribution in [3.05, 3.63) is 45.0 Å². The molecule has 0 radical (unpaired) electrons.